The number of aromatic nitrogens is 2. The topological polar surface area (TPSA) is 70.2 Å². The minimum Gasteiger partial charge on any atom is -0.363 e. The molecule has 0 fully saturated rings. The summed E-state index contributed by atoms with van der Waals surface area (Å²) in [6.07, 6.45) is 0. The van der Waals surface area contributed by atoms with E-state index in [2.05, 4.69) is 36.5 Å². The standard InChI is InChI=1S/C18H18BrN5OS/c1-11-8-16(24(2)3)23-18(20-11)22-14-6-4-13(5-7-14)21-17(25)15-9-12(19)10-26-15/h4-10H,1-3H3,(H,21,25)(H,20,22,23). The third kappa shape index (κ3) is 4.59. The third-order valence-corrected chi connectivity index (χ3v) is 5.18. The first-order valence-corrected chi connectivity index (χ1v) is 9.53. The Labute approximate surface area is 164 Å². The van der Waals surface area contributed by atoms with Gasteiger partial charge in [-0.05, 0) is 53.2 Å². The predicted molar refractivity (Wildman–Crippen MR) is 111 cm³/mol. The molecule has 0 aliphatic carbocycles. The van der Waals surface area contributed by atoms with Crippen molar-refractivity contribution in [3.05, 3.63) is 56.8 Å². The fourth-order valence-corrected chi connectivity index (χ4v) is 3.55. The third-order valence-electron chi connectivity index (χ3n) is 3.49. The van der Waals surface area contributed by atoms with E-state index in [1.165, 1.54) is 11.3 Å². The quantitative estimate of drug-likeness (QED) is 0.613. The van der Waals surface area contributed by atoms with Gasteiger partial charge in [0.2, 0.25) is 5.95 Å². The summed E-state index contributed by atoms with van der Waals surface area (Å²) < 4.78 is 0.905. The van der Waals surface area contributed by atoms with Crippen LogP contribution < -0.4 is 15.5 Å². The molecule has 3 aromatic rings. The van der Waals surface area contributed by atoms with Crippen LogP contribution in [0.25, 0.3) is 0 Å². The van der Waals surface area contributed by atoms with Gasteiger partial charge < -0.3 is 15.5 Å². The summed E-state index contributed by atoms with van der Waals surface area (Å²) in [6, 6.07) is 11.2. The molecule has 3 rings (SSSR count). The second-order valence-corrected chi connectivity index (χ2v) is 7.70. The first kappa shape index (κ1) is 18.3. The largest absolute Gasteiger partial charge is 0.363 e. The van der Waals surface area contributed by atoms with Crippen LogP contribution in [0.5, 0.6) is 0 Å². The molecular formula is C18H18BrN5OS. The Bertz CT molecular complexity index is 924. The van der Waals surface area contributed by atoms with Gasteiger partial charge in [-0.1, -0.05) is 0 Å². The summed E-state index contributed by atoms with van der Waals surface area (Å²) in [4.78, 5) is 23.6. The van der Waals surface area contributed by atoms with Gasteiger partial charge in [0.15, 0.2) is 0 Å². The molecule has 2 N–H and O–H groups in total. The monoisotopic (exact) mass is 431 g/mol. The van der Waals surface area contributed by atoms with Gasteiger partial charge in [0, 0.05) is 47.1 Å². The number of hydrogen-bond donors (Lipinski definition) is 2. The number of amides is 1. The summed E-state index contributed by atoms with van der Waals surface area (Å²) >= 11 is 4.75. The first-order chi connectivity index (χ1) is 12.4. The van der Waals surface area contributed by atoms with Crippen molar-refractivity contribution < 1.29 is 4.79 Å². The Morgan fingerprint density at radius 2 is 1.81 bits per heavy atom. The van der Waals surface area contributed by atoms with Crippen LogP contribution in [-0.2, 0) is 0 Å². The summed E-state index contributed by atoms with van der Waals surface area (Å²) in [5, 5.41) is 7.95. The zero-order valence-corrected chi connectivity index (χ0v) is 17.0. The van der Waals surface area contributed by atoms with Crippen LogP contribution in [-0.4, -0.2) is 30.0 Å². The normalized spacial score (nSPS) is 10.5. The minimum atomic E-state index is -0.126. The molecule has 26 heavy (non-hydrogen) atoms. The van der Waals surface area contributed by atoms with Crippen LogP contribution in [0.1, 0.15) is 15.4 Å². The highest BCUT2D eigenvalue weighted by molar-refractivity contribution is 9.10. The number of nitrogens with one attached hydrogen (secondary N) is 2. The number of thiophene rings is 1. The number of carbonyl (C=O) groups excluding carboxylic acids is 1. The smallest absolute Gasteiger partial charge is 0.265 e. The van der Waals surface area contributed by atoms with Gasteiger partial charge in [-0.3, -0.25) is 4.79 Å². The van der Waals surface area contributed by atoms with Crippen molar-refractivity contribution in [3.8, 4) is 0 Å². The van der Waals surface area contributed by atoms with Crippen LogP contribution in [0.15, 0.2) is 46.3 Å². The maximum Gasteiger partial charge on any atom is 0.265 e. The zero-order chi connectivity index (χ0) is 18.7. The van der Waals surface area contributed by atoms with Crippen molar-refractivity contribution in [1.29, 1.82) is 0 Å². The molecule has 0 spiro atoms. The van der Waals surface area contributed by atoms with Crippen LogP contribution in [0.3, 0.4) is 0 Å². The maximum atomic E-state index is 12.2. The van der Waals surface area contributed by atoms with Gasteiger partial charge >= 0.3 is 0 Å². The van der Waals surface area contributed by atoms with E-state index >= 15 is 0 Å². The van der Waals surface area contributed by atoms with E-state index in [1.54, 1.807) is 6.07 Å². The van der Waals surface area contributed by atoms with Crippen molar-refractivity contribution >= 4 is 56.3 Å². The zero-order valence-electron chi connectivity index (χ0n) is 14.6. The van der Waals surface area contributed by atoms with Crippen LogP contribution in [0, 0.1) is 6.92 Å². The highest BCUT2D eigenvalue weighted by Gasteiger charge is 2.09. The molecule has 1 aromatic carbocycles. The summed E-state index contributed by atoms with van der Waals surface area (Å²) in [6.45, 7) is 1.93. The maximum absolute atomic E-state index is 12.2. The number of benzene rings is 1. The predicted octanol–water partition coefficient (Wildman–Crippen LogP) is 4.67. The van der Waals surface area contributed by atoms with Gasteiger partial charge in [0.1, 0.15) is 5.82 Å². The highest BCUT2D eigenvalue weighted by Crippen LogP contribution is 2.22. The Hall–Kier alpha value is -2.45. The first-order valence-electron chi connectivity index (χ1n) is 7.86. The molecule has 0 aliphatic heterocycles. The molecule has 2 aromatic heterocycles. The molecule has 0 bridgehead atoms. The number of carbonyl (C=O) groups is 1. The minimum absolute atomic E-state index is 0.126. The Kier molecular flexibility index (Phi) is 5.53. The van der Waals surface area contributed by atoms with Gasteiger partial charge in [0.25, 0.3) is 5.91 Å². The number of nitrogens with zero attached hydrogens (tertiary/aromatic N) is 3. The van der Waals surface area contributed by atoms with E-state index in [1.807, 2.05) is 61.6 Å². The van der Waals surface area contributed by atoms with Crippen molar-refractivity contribution in [2.24, 2.45) is 0 Å². The van der Waals surface area contributed by atoms with Crippen LogP contribution >= 0.6 is 27.3 Å². The number of rotatable bonds is 5. The average molecular weight is 432 g/mol. The van der Waals surface area contributed by atoms with Gasteiger partial charge in [-0.2, -0.15) is 4.98 Å². The molecule has 134 valence electrons. The molecular weight excluding hydrogens is 414 g/mol. The molecule has 6 nitrogen and oxygen atoms in total. The lowest BCUT2D eigenvalue weighted by Gasteiger charge is -2.14. The van der Waals surface area contributed by atoms with Gasteiger partial charge in [-0.25, -0.2) is 4.98 Å². The summed E-state index contributed by atoms with van der Waals surface area (Å²) in [5.41, 5.74) is 2.46. The summed E-state index contributed by atoms with van der Waals surface area (Å²) in [7, 11) is 3.88. The van der Waals surface area contributed by atoms with Crippen molar-refractivity contribution in [2.45, 2.75) is 6.92 Å². The SMILES string of the molecule is Cc1cc(N(C)C)nc(Nc2ccc(NC(=O)c3cc(Br)cs3)cc2)n1. The van der Waals surface area contributed by atoms with E-state index in [0.717, 1.165) is 27.4 Å². The van der Waals surface area contributed by atoms with Crippen LogP contribution in [0.2, 0.25) is 0 Å². The Balaban J connectivity index is 1.69. The molecule has 0 radical (unpaired) electrons. The molecule has 0 aliphatic rings. The van der Waals surface area contributed by atoms with Gasteiger partial charge in [0.05, 0.1) is 4.88 Å². The van der Waals surface area contributed by atoms with E-state index < -0.39 is 0 Å². The second kappa shape index (κ2) is 7.84. The molecule has 8 heteroatoms. The fourth-order valence-electron chi connectivity index (χ4n) is 2.23. The Morgan fingerprint density at radius 1 is 1.12 bits per heavy atom. The Morgan fingerprint density at radius 3 is 2.42 bits per heavy atom. The van der Waals surface area contributed by atoms with Crippen molar-refractivity contribution in [3.63, 3.8) is 0 Å². The number of hydrogen-bond acceptors (Lipinski definition) is 6. The lowest BCUT2D eigenvalue weighted by molar-refractivity contribution is 0.103. The van der Waals surface area contributed by atoms with E-state index in [4.69, 9.17) is 0 Å². The fraction of sp³-hybridized carbons (Fsp3) is 0.167. The van der Waals surface area contributed by atoms with E-state index in [-0.39, 0.29) is 5.91 Å². The molecule has 0 unspecified atom stereocenters. The number of halogens is 1. The van der Waals surface area contributed by atoms with E-state index in [0.29, 0.717) is 10.8 Å². The molecule has 2 heterocycles. The molecule has 0 atom stereocenters. The highest BCUT2D eigenvalue weighted by atomic mass is 79.9. The van der Waals surface area contributed by atoms with Crippen LogP contribution in [0.4, 0.5) is 23.1 Å². The van der Waals surface area contributed by atoms with Crippen molar-refractivity contribution in [1.82, 2.24) is 9.97 Å². The molecule has 1 amide bonds. The molecule has 0 saturated heterocycles. The number of anilines is 4. The summed E-state index contributed by atoms with van der Waals surface area (Å²) in [5.74, 6) is 1.25. The molecule has 0 saturated carbocycles. The van der Waals surface area contributed by atoms with Gasteiger partial charge in [-0.15, -0.1) is 11.3 Å². The lowest BCUT2D eigenvalue weighted by Crippen LogP contribution is -2.12. The van der Waals surface area contributed by atoms with Crippen molar-refractivity contribution in [2.75, 3.05) is 29.6 Å². The lowest BCUT2D eigenvalue weighted by atomic mass is 10.2. The second-order valence-electron chi connectivity index (χ2n) is 5.87. The average Bonchev–Trinajstić information content (AvgIpc) is 3.03. The van der Waals surface area contributed by atoms with E-state index in [9.17, 15) is 4.79 Å². The number of aryl methyl sites for hydroxylation is 1.